The quantitative estimate of drug-likeness (QED) is 0.651. The van der Waals surface area contributed by atoms with E-state index in [2.05, 4.69) is 38.9 Å². The van der Waals surface area contributed by atoms with Crippen LogP contribution in [0.1, 0.15) is 40.5 Å². The third kappa shape index (κ3) is 7.87. The number of rotatable bonds is 9. The summed E-state index contributed by atoms with van der Waals surface area (Å²) in [5.41, 5.74) is 0. The van der Waals surface area contributed by atoms with Gasteiger partial charge in [0.15, 0.2) is 0 Å². The molecular weight excluding hydrogens is 270 g/mol. The van der Waals surface area contributed by atoms with Crippen molar-refractivity contribution in [1.29, 1.82) is 0 Å². The molecule has 0 bridgehead atoms. The van der Waals surface area contributed by atoms with Crippen molar-refractivity contribution in [2.24, 2.45) is 5.92 Å². The molecule has 1 heterocycles. The number of nitrogens with zero attached hydrogens (tertiary/aromatic N) is 1. The molecule has 120 valence electrons. The van der Waals surface area contributed by atoms with E-state index >= 15 is 0 Å². The molecule has 4 heteroatoms. The van der Waals surface area contributed by atoms with E-state index in [1.54, 1.807) is 0 Å². The molecule has 3 nitrogen and oxygen atoms in total. The lowest BCUT2D eigenvalue weighted by atomic mass is 10.1. The Kier molecular flexibility index (Phi) is 8.49. The summed E-state index contributed by atoms with van der Waals surface area (Å²) in [5, 5.41) is 0. The number of morpholine rings is 1. The summed E-state index contributed by atoms with van der Waals surface area (Å²) in [6.45, 7) is 14.7. The zero-order valence-electron chi connectivity index (χ0n) is 14.0. The average Bonchev–Trinajstić information content (AvgIpc) is 2.39. The first-order valence-electron chi connectivity index (χ1n) is 7.90. The molecule has 0 aromatic carbocycles. The highest BCUT2D eigenvalue weighted by atomic mass is 32.2. The monoisotopic (exact) mass is 303 g/mol. The van der Waals surface area contributed by atoms with Crippen LogP contribution >= 0.6 is 11.8 Å². The van der Waals surface area contributed by atoms with Gasteiger partial charge in [-0.3, -0.25) is 4.90 Å². The first kappa shape index (κ1) is 18.3. The van der Waals surface area contributed by atoms with Crippen molar-refractivity contribution >= 4 is 11.8 Å². The normalized spacial score (nSPS) is 21.6. The van der Waals surface area contributed by atoms with Gasteiger partial charge < -0.3 is 9.47 Å². The van der Waals surface area contributed by atoms with Crippen LogP contribution in [0.2, 0.25) is 0 Å². The Bertz CT molecular complexity index is 259. The summed E-state index contributed by atoms with van der Waals surface area (Å²) in [6, 6.07) is 0. The van der Waals surface area contributed by atoms with Gasteiger partial charge in [-0.15, -0.1) is 0 Å². The molecule has 0 aliphatic carbocycles. The first-order valence-corrected chi connectivity index (χ1v) is 9.12. The number of hydrogen-bond acceptors (Lipinski definition) is 4. The van der Waals surface area contributed by atoms with Crippen LogP contribution in [0.5, 0.6) is 0 Å². The second-order valence-corrected chi connectivity index (χ2v) is 8.32. The number of thioether (sulfide) groups is 1. The fourth-order valence-electron chi connectivity index (χ4n) is 2.30. The van der Waals surface area contributed by atoms with Crippen LogP contribution in [0.15, 0.2) is 0 Å². The van der Waals surface area contributed by atoms with Crippen LogP contribution in [0.3, 0.4) is 0 Å². The standard InChI is InChI=1S/C16H33NO2S/c1-14(2)7-6-8-17-9-10-19-15(11-17)12-18-13-16(3,4)20-5/h14-15H,6-13H2,1-5H3/t15-/m1/s1. The van der Waals surface area contributed by atoms with Crippen LogP contribution in [-0.2, 0) is 9.47 Å². The molecule has 1 atom stereocenters. The highest BCUT2D eigenvalue weighted by Crippen LogP contribution is 2.21. The molecule has 0 unspecified atom stereocenters. The second-order valence-electron chi connectivity index (χ2n) is 6.81. The highest BCUT2D eigenvalue weighted by molar-refractivity contribution is 7.99. The molecule has 1 fully saturated rings. The summed E-state index contributed by atoms with van der Waals surface area (Å²) in [6.07, 6.45) is 5.00. The summed E-state index contributed by atoms with van der Waals surface area (Å²) in [7, 11) is 0. The zero-order chi connectivity index (χ0) is 15.0. The van der Waals surface area contributed by atoms with Gasteiger partial charge in [-0.05, 0) is 45.4 Å². The fourth-order valence-corrected chi connectivity index (χ4v) is 2.50. The largest absolute Gasteiger partial charge is 0.377 e. The maximum Gasteiger partial charge on any atom is 0.0935 e. The van der Waals surface area contributed by atoms with Crippen LogP contribution in [0, 0.1) is 5.92 Å². The van der Waals surface area contributed by atoms with Crippen LogP contribution in [0.4, 0.5) is 0 Å². The van der Waals surface area contributed by atoms with Gasteiger partial charge in [-0.2, -0.15) is 11.8 Å². The van der Waals surface area contributed by atoms with Gasteiger partial charge in [0.1, 0.15) is 0 Å². The minimum Gasteiger partial charge on any atom is -0.377 e. The molecule has 0 aromatic heterocycles. The lowest BCUT2D eigenvalue weighted by Crippen LogP contribution is -2.45. The summed E-state index contributed by atoms with van der Waals surface area (Å²) in [5.74, 6) is 0.809. The average molecular weight is 304 g/mol. The predicted molar refractivity (Wildman–Crippen MR) is 88.7 cm³/mol. The molecule has 1 aliphatic heterocycles. The minimum absolute atomic E-state index is 0.200. The van der Waals surface area contributed by atoms with Crippen LogP contribution < -0.4 is 0 Å². The molecule has 0 saturated carbocycles. The molecule has 0 N–H and O–H groups in total. The van der Waals surface area contributed by atoms with Crippen molar-refractivity contribution in [2.45, 2.75) is 51.4 Å². The third-order valence-corrected chi connectivity index (χ3v) is 5.01. The van der Waals surface area contributed by atoms with Crippen molar-refractivity contribution in [3.63, 3.8) is 0 Å². The van der Waals surface area contributed by atoms with Gasteiger partial charge in [-0.25, -0.2) is 0 Å². The van der Waals surface area contributed by atoms with E-state index in [4.69, 9.17) is 9.47 Å². The Balaban J connectivity index is 2.17. The van der Waals surface area contributed by atoms with Gasteiger partial charge in [0.2, 0.25) is 0 Å². The Hall–Kier alpha value is 0.230. The molecule has 0 spiro atoms. The highest BCUT2D eigenvalue weighted by Gasteiger charge is 2.22. The van der Waals surface area contributed by atoms with E-state index in [9.17, 15) is 0 Å². The molecule has 0 aromatic rings. The van der Waals surface area contributed by atoms with E-state index in [0.717, 1.165) is 38.8 Å². The number of ether oxygens (including phenoxy) is 2. The molecule has 1 rings (SSSR count). The second kappa shape index (κ2) is 9.29. The van der Waals surface area contributed by atoms with Gasteiger partial charge in [0, 0.05) is 17.8 Å². The molecule has 1 aliphatic rings. The molecule has 20 heavy (non-hydrogen) atoms. The Morgan fingerprint density at radius 2 is 2.15 bits per heavy atom. The van der Waals surface area contributed by atoms with Crippen molar-refractivity contribution in [3.05, 3.63) is 0 Å². The Morgan fingerprint density at radius 1 is 1.40 bits per heavy atom. The van der Waals surface area contributed by atoms with E-state index in [1.807, 2.05) is 11.8 Å². The lowest BCUT2D eigenvalue weighted by Gasteiger charge is -2.33. The maximum atomic E-state index is 5.85. The van der Waals surface area contributed by atoms with Crippen molar-refractivity contribution in [1.82, 2.24) is 4.90 Å². The lowest BCUT2D eigenvalue weighted by molar-refractivity contribution is -0.0709. The van der Waals surface area contributed by atoms with E-state index in [-0.39, 0.29) is 10.9 Å². The van der Waals surface area contributed by atoms with E-state index < -0.39 is 0 Å². The van der Waals surface area contributed by atoms with Gasteiger partial charge >= 0.3 is 0 Å². The fraction of sp³-hybridized carbons (Fsp3) is 1.00. The van der Waals surface area contributed by atoms with Gasteiger partial charge in [-0.1, -0.05) is 13.8 Å². The zero-order valence-corrected chi connectivity index (χ0v) is 14.8. The number of hydrogen-bond donors (Lipinski definition) is 0. The molecular formula is C16H33NO2S. The van der Waals surface area contributed by atoms with Crippen molar-refractivity contribution in [3.8, 4) is 0 Å². The maximum absolute atomic E-state index is 5.85. The van der Waals surface area contributed by atoms with Crippen molar-refractivity contribution in [2.75, 3.05) is 45.7 Å². The topological polar surface area (TPSA) is 21.7 Å². The van der Waals surface area contributed by atoms with Crippen molar-refractivity contribution < 1.29 is 9.47 Å². The molecule has 1 saturated heterocycles. The predicted octanol–water partition coefficient (Wildman–Crippen LogP) is 3.28. The van der Waals surface area contributed by atoms with Crippen LogP contribution in [0.25, 0.3) is 0 Å². The SMILES string of the molecule is CSC(C)(C)COC[C@H]1CN(CCCC(C)C)CCO1. The van der Waals surface area contributed by atoms with E-state index in [1.165, 1.54) is 19.4 Å². The van der Waals surface area contributed by atoms with Gasteiger partial charge in [0.25, 0.3) is 0 Å². The summed E-state index contributed by atoms with van der Waals surface area (Å²) >= 11 is 1.85. The third-order valence-electron chi connectivity index (χ3n) is 3.78. The first-order chi connectivity index (χ1) is 9.43. The summed E-state index contributed by atoms with van der Waals surface area (Å²) in [4.78, 5) is 2.53. The minimum atomic E-state index is 0.200. The Labute approximate surface area is 129 Å². The smallest absolute Gasteiger partial charge is 0.0935 e. The molecule has 0 amide bonds. The van der Waals surface area contributed by atoms with Gasteiger partial charge in [0.05, 0.1) is 25.9 Å². The Morgan fingerprint density at radius 3 is 2.80 bits per heavy atom. The molecule has 0 radical (unpaired) electrons. The summed E-state index contributed by atoms with van der Waals surface area (Å²) < 4.78 is 11.9. The van der Waals surface area contributed by atoms with Crippen LogP contribution in [-0.4, -0.2) is 61.5 Å². The van der Waals surface area contributed by atoms with E-state index in [0.29, 0.717) is 0 Å².